The van der Waals surface area contributed by atoms with Crippen molar-refractivity contribution < 1.29 is 8.78 Å². The number of aliphatic imine (C=N–C) groups is 1. The van der Waals surface area contributed by atoms with Crippen LogP contribution in [-0.2, 0) is 13.1 Å². The van der Waals surface area contributed by atoms with Crippen molar-refractivity contribution >= 4 is 29.9 Å². The zero-order valence-electron chi connectivity index (χ0n) is 15.4. The summed E-state index contributed by atoms with van der Waals surface area (Å²) < 4.78 is 28.8. The van der Waals surface area contributed by atoms with E-state index in [1.807, 2.05) is 31.5 Å². The van der Waals surface area contributed by atoms with E-state index < -0.39 is 11.6 Å². The van der Waals surface area contributed by atoms with Crippen LogP contribution in [0.3, 0.4) is 0 Å². The maximum Gasteiger partial charge on any atom is 0.191 e. The molecule has 0 unspecified atom stereocenters. The van der Waals surface area contributed by atoms with Crippen molar-refractivity contribution in [3.8, 4) is 0 Å². The number of hydrogen-bond acceptors (Lipinski definition) is 2. The van der Waals surface area contributed by atoms with Gasteiger partial charge in [-0.05, 0) is 51.5 Å². The van der Waals surface area contributed by atoms with E-state index in [1.165, 1.54) is 6.07 Å². The Morgan fingerprint density at radius 2 is 1.96 bits per heavy atom. The van der Waals surface area contributed by atoms with Gasteiger partial charge in [0.25, 0.3) is 0 Å². The SMILES string of the molecule is CCNC(=NCc1cc(F)ccc1F)NCCCn1nc(C)cc1C.I. The highest BCUT2D eigenvalue weighted by molar-refractivity contribution is 14.0. The van der Waals surface area contributed by atoms with E-state index in [1.54, 1.807) is 0 Å². The van der Waals surface area contributed by atoms with Gasteiger partial charge < -0.3 is 10.6 Å². The zero-order chi connectivity index (χ0) is 18.2. The molecule has 0 bridgehead atoms. The number of aryl methyl sites for hydroxylation is 3. The Kier molecular flexibility index (Phi) is 9.53. The highest BCUT2D eigenvalue weighted by atomic mass is 127. The number of nitrogens with one attached hydrogen (secondary N) is 2. The van der Waals surface area contributed by atoms with Crippen LogP contribution >= 0.6 is 24.0 Å². The molecule has 0 aliphatic heterocycles. The lowest BCUT2D eigenvalue weighted by Gasteiger charge is -2.12. The van der Waals surface area contributed by atoms with Crippen molar-refractivity contribution in [1.29, 1.82) is 0 Å². The number of guanidine groups is 1. The van der Waals surface area contributed by atoms with Gasteiger partial charge in [-0.25, -0.2) is 13.8 Å². The minimum Gasteiger partial charge on any atom is -0.357 e. The molecule has 5 nitrogen and oxygen atoms in total. The zero-order valence-corrected chi connectivity index (χ0v) is 17.7. The maximum atomic E-state index is 13.7. The Balaban J connectivity index is 0.00000338. The summed E-state index contributed by atoms with van der Waals surface area (Å²) in [5, 5.41) is 10.7. The number of aromatic nitrogens is 2. The third-order valence-corrected chi connectivity index (χ3v) is 3.70. The first-order chi connectivity index (χ1) is 12.0. The summed E-state index contributed by atoms with van der Waals surface area (Å²) in [6, 6.07) is 5.44. The van der Waals surface area contributed by atoms with Crippen LogP contribution < -0.4 is 10.6 Å². The molecule has 0 aliphatic rings. The molecule has 0 spiro atoms. The minimum absolute atomic E-state index is 0. The van der Waals surface area contributed by atoms with E-state index in [9.17, 15) is 8.78 Å². The lowest BCUT2D eigenvalue weighted by molar-refractivity contribution is 0.555. The van der Waals surface area contributed by atoms with Gasteiger partial charge >= 0.3 is 0 Å². The van der Waals surface area contributed by atoms with Crippen molar-refractivity contribution in [2.45, 2.75) is 40.3 Å². The highest BCUT2D eigenvalue weighted by Gasteiger charge is 2.05. The molecular formula is C18H26F2IN5. The predicted molar refractivity (Wildman–Crippen MR) is 111 cm³/mol. The summed E-state index contributed by atoms with van der Waals surface area (Å²) in [5.41, 5.74) is 2.39. The van der Waals surface area contributed by atoms with Crippen molar-refractivity contribution in [1.82, 2.24) is 20.4 Å². The average molecular weight is 477 g/mol. The van der Waals surface area contributed by atoms with Gasteiger partial charge in [-0.15, -0.1) is 24.0 Å². The average Bonchev–Trinajstić information content (AvgIpc) is 2.89. The van der Waals surface area contributed by atoms with E-state index in [0.717, 1.165) is 36.5 Å². The van der Waals surface area contributed by atoms with Gasteiger partial charge in [0, 0.05) is 30.9 Å². The minimum atomic E-state index is -0.463. The molecule has 0 aliphatic carbocycles. The van der Waals surface area contributed by atoms with Gasteiger partial charge in [0.05, 0.1) is 12.2 Å². The van der Waals surface area contributed by atoms with E-state index >= 15 is 0 Å². The van der Waals surface area contributed by atoms with Crippen LogP contribution in [0.2, 0.25) is 0 Å². The van der Waals surface area contributed by atoms with Crippen LogP contribution in [-0.4, -0.2) is 28.8 Å². The van der Waals surface area contributed by atoms with Gasteiger partial charge in [0.1, 0.15) is 11.6 Å². The summed E-state index contributed by atoms with van der Waals surface area (Å²) in [5.74, 6) is -0.334. The molecule has 2 aromatic rings. The molecule has 1 heterocycles. The van der Waals surface area contributed by atoms with Gasteiger partial charge in [0.15, 0.2) is 5.96 Å². The van der Waals surface area contributed by atoms with Crippen LogP contribution in [0.4, 0.5) is 8.78 Å². The molecule has 0 fully saturated rings. The molecule has 144 valence electrons. The second-order valence-corrected chi connectivity index (χ2v) is 5.86. The standard InChI is InChI=1S/C18H25F2N5.HI/c1-4-21-18(23-12-15-11-16(19)6-7-17(15)20)22-8-5-9-25-14(3)10-13(2)24-25;/h6-7,10-11H,4-5,8-9,12H2,1-3H3,(H2,21,22,23);1H. The number of benzene rings is 1. The quantitative estimate of drug-likeness (QED) is 0.278. The first kappa shape index (κ1) is 22.3. The van der Waals surface area contributed by atoms with Crippen molar-refractivity contribution in [2.75, 3.05) is 13.1 Å². The molecule has 26 heavy (non-hydrogen) atoms. The third-order valence-electron chi connectivity index (χ3n) is 3.70. The number of hydrogen-bond donors (Lipinski definition) is 2. The van der Waals surface area contributed by atoms with E-state index in [-0.39, 0.29) is 36.1 Å². The summed E-state index contributed by atoms with van der Waals surface area (Å²) >= 11 is 0. The maximum absolute atomic E-state index is 13.7. The van der Waals surface area contributed by atoms with Crippen molar-refractivity contribution in [3.63, 3.8) is 0 Å². The van der Waals surface area contributed by atoms with Gasteiger partial charge in [-0.3, -0.25) is 4.68 Å². The second kappa shape index (κ2) is 11.1. The Bertz CT molecular complexity index is 730. The molecule has 8 heteroatoms. The molecule has 1 aromatic heterocycles. The Hall–Kier alpha value is -1.71. The lowest BCUT2D eigenvalue weighted by Crippen LogP contribution is -2.38. The van der Waals surface area contributed by atoms with Crippen LogP contribution in [0.15, 0.2) is 29.3 Å². The van der Waals surface area contributed by atoms with E-state index in [4.69, 9.17) is 0 Å². The van der Waals surface area contributed by atoms with Gasteiger partial charge in [-0.1, -0.05) is 0 Å². The molecule has 2 rings (SSSR count). The Labute approximate surface area is 170 Å². The largest absolute Gasteiger partial charge is 0.357 e. The number of rotatable bonds is 7. The van der Waals surface area contributed by atoms with Crippen LogP contribution in [0.25, 0.3) is 0 Å². The van der Waals surface area contributed by atoms with Crippen LogP contribution in [0.5, 0.6) is 0 Å². The molecule has 0 saturated heterocycles. The van der Waals surface area contributed by atoms with Crippen molar-refractivity contribution in [2.24, 2.45) is 4.99 Å². The molecule has 1 aromatic carbocycles. The molecule has 0 saturated carbocycles. The summed E-state index contributed by atoms with van der Waals surface area (Å²) in [6.45, 7) is 8.25. The lowest BCUT2D eigenvalue weighted by atomic mass is 10.2. The smallest absolute Gasteiger partial charge is 0.191 e. The third kappa shape index (κ3) is 6.89. The molecule has 0 radical (unpaired) electrons. The van der Waals surface area contributed by atoms with Gasteiger partial charge in [-0.2, -0.15) is 5.10 Å². The predicted octanol–water partition coefficient (Wildman–Crippen LogP) is 3.54. The normalized spacial score (nSPS) is 11.2. The fraction of sp³-hybridized carbons (Fsp3) is 0.444. The second-order valence-electron chi connectivity index (χ2n) is 5.86. The van der Waals surface area contributed by atoms with E-state index in [2.05, 4.69) is 20.7 Å². The molecule has 0 amide bonds. The summed E-state index contributed by atoms with van der Waals surface area (Å²) in [7, 11) is 0. The van der Waals surface area contributed by atoms with Crippen molar-refractivity contribution in [3.05, 3.63) is 52.9 Å². The Morgan fingerprint density at radius 1 is 1.19 bits per heavy atom. The molecular weight excluding hydrogens is 451 g/mol. The fourth-order valence-corrected chi connectivity index (χ4v) is 2.51. The summed E-state index contributed by atoms with van der Waals surface area (Å²) in [4.78, 5) is 4.32. The molecule has 2 N–H and O–H groups in total. The summed E-state index contributed by atoms with van der Waals surface area (Å²) in [6.07, 6.45) is 0.876. The first-order valence-corrected chi connectivity index (χ1v) is 8.46. The molecule has 0 atom stereocenters. The topological polar surface area (TPSA) is 54.2 Å². The number of halogens is 3. The van der Waals surface area contributed by atoms with E-state index in [0.29, 0.717) is 19.0 Å². The van der Waals surface area contributed by atoms with Gasteiger partial charge in [0.2, 0.25) is 0 Å². The monoisotopic (exact) mass is 477 g/mol. The van der Waals surface area contributed by atoms with Crippen LogP contribution in [0, 0.1) is 25.5 Å². The Morgan fingerprint density at radius 3 is 2.62 bits per heavy atom. The highest BCUT2D eigenvalue weighted by Crippen LogP contribution is 2.10. The fourth-order valence-electron chi connectivity index (χ4n) is 2.51. The number of nitrogens with zero attached hydrogens (tertiary/aromatic N) is 3. The van der Waals surface area contributed by atoms with Crippen LogP contribution in [0.1, 0.15) is 30.3 Å². The first-order valence-electron chi connectivity index (χ1n) is 8.46.